The fraction of sp³-hybridized carbons (Fsp3) is 0.269. The third-order valence-corrected chi connectivity index (χ3v) is 6.49. The summed E-state index contributed by atoms with van der Waals surface area (Å²) in [7, 11) is 0. The maximum Gasteiger partial charge on any atom is 0.270 e. The van der Waals surface area contributed by atoms with Crippen molar-refractivity contribution in [1.82, 2.24) is 14.4 Å². The molecule has 0 bridgehead atoms. The van der Waals surface area contributed by atoms with E-state index >= 15 is 0 Å². The predicted octanol–water partition coefficient (Wildman–Crippen LogP) is 2.81. The van der Waals surface area contributed by atoms with E-state index in [1.807, 2.05) is 24.3 Å². The number of carbonyl (C=O) groups is 3. The number of anilines is 1. The minimum atomic E-state index is -0.387. The molecule has 0 aliphatic carbocycles. The van der Waals surface area contributed by atoms with Crippen LogP contribution in [0.5, 0.6) is 0 Å². The molecule has 7 nitrogen and oxygen atoms in total. The summed E-state index contributed by atoms with van der Waals surface area (Å²) in [6.45, 7) is 2.31. The molecule has 3 aromatic rings. The van der Waals surface area contributed by atoms with Gasteiger partial charge in [-0.25, -0.2) is 4.39 Å². The number of hydrogen-bond donors (Lipinski definition) is 0. The Hall–Kier alpha value is -3.94. The van der Waals surface area contributed by atoms with Gasteiger partial charge in [0, 0.05) is 50.2 Å². The van der Waals surface area contributed by atoms with E-state index < -0.39 is 0 Å². The minimum absolute atomic E-state index is 0.0510. The largest absolute Gasteiger partial charge is 0.335 e. The van der Waals surface area contributed by atoms with Gasteiger partial charge in [0.05, 0.1) is 0 Å². The van der Waals surface area contributed by atoms with E-state index in [1.165, 1.54) is 24.3 Å². The number of hydrogen-bond acceptors (Lipinski definition) is 3. The lowest BCUT2D eigenvalue weighted by molar-refractivity contribution is -0.119. The van der Waals surface area contributed by atoms with Gasteiger partial charge in [0.2, 0.25) is 5.91 Å². The van der Waals surface area contributed by atoms with Gasteiger partial charge in [-0.15, -0.1) is 0 Å². The highest BCUT2D eigenvalue weighted by Crippen LogP contribution is 2.27. The summed E-state index contributed by atoms with van der Waals surface area (Å²) in [5, 5.41) is 0. The molecule has 2 aliphatic heterocycles. The van der Waals surface area contributed by atoms with Crippen molar-refractivity contribution < 1.29 is 18.8 Å². The molecule has 0 N–H and O–H groups in total. The van der Waals surface area contributed by atoms with Crippen LogP contribution < -0.4 is 4.90 Å². The molecule has 0 radical (unpaired) electrons. The average Bonchev–Trinajstić information content (AvgIpc) is 3.51. The van der Waals surface area contributed by atoms with Crippen LogP contribution in [-0.4, -0.2) is 64.8 Å². The van der Waals surface area contributed by atoms with Gasteiger partial charge in [-0.3, -0.25) is 14.4 Å². The summed E-state index contributed by atoms with van der Waals surface area (Å²) in [5.74, 6) is -0.771. The summed E-state index contributed by atoms with van der Waals surface area (Å²) in [6.07, 6.45) is 2.59. The Balaban J connectivity index is 1.21. The van der Waals surface area contributed by atoms with Crippen molar-refractivity contribution in [3.8, 4) is 0 Å². The van der Waals surface area contributed by atoms with Crippen LogP contribution >= 0.6 is 0 Å². The van der Waals surface area contributed by atoms with Gasteiger partial charge >= 0.3 is 0 Å². The number of amides is 3. The first-order chi connectivity index (χ1) is 16.5. The molecule has 1 aromatic heterocycles. The Morgan fingerprint density at radius 1 is 0.765 bits per heavy atom. The molecule has 0 atom stereocenters. The van der Waals surface area contributed by atoms with Crippen molar-refractivity contribution >= 4 is 23.4 Å². The second kappa shape index (κ2) is 9.13. The lowest BCUT2D eigenvalue weighted by atomic mass is 10.1. The van der Waals surface area contributed by atoms with Crippen LogP contribution in [0.1, 0.15) is 26.4 Å². The van der Waals surface area contributed by atoms with Crippen molar-refractivity contribution in [2.45, 2.75) is 13.0 Å². The van der Waals surface area contributed by atoms with Gasteiger partial charge in [-0.05, 0) is 54.4 Å². The number of benzene rings is 2. The maximum absolute atomic E-state index is 13.2. The number of nitrogens with zero attached hydrogens (tertiary/aromatic N) is 4. The summed E-state index contributed by atoms with van der Waals surface area (Å²) < 4.78 is 14.8. The second-order valence-electron chi connectivity index (χ2n) is 8.54. The fourth-order valence-corrected chi connectivity index (χ4v) is 4.62. The Morgan fingerprint density at radius 2 is 1.44 bits per heavy atom. The number of para-hydroxylation sites is 1. The van der Waals surface area contributed by atoms with Gasteiger partial charge in [-0.2, -0.15) is 0 Å². The van der Waals surface area contributed by atoms with E-state index in [0.29, 0.717) is 44.0 Å². The molecule has 2 aromatic carbocycles. The van der Waals surface area contributed by atoms with E-state index in [9.17, 15) is 18.8 Å². The van der Waals surface area contributed by atoms with Gasteiger partial charge in [-0.1, -0.05) is 18.2 Å². The van der Waals surface area contributed by atoms with E-state index in [-0.39, 0.29) is 30.1 Å². The summed E-state index contributed by atoms with van der Waals surface area (Å²) >= 11 is 0. The van der Waals surface area contributed by atoms with Crippen molar-refractivity contribution in [3.05, 3.63) is 89.5 Å². The number of rotatable bonds is 4. The molecule has 1 saturated heterocycles. The molecular formula is C26H25FN4O3. The van der Waals surface area contributed by atoms with E-state index in [0.717, 1.165) is 17.7 Å². The highest BCUT2D eigenvalue weighted by Gasteiger charge is 2.28. The smallest absolute Gasteiger partial charge is 0.270 e. The summed E-state index contributed by atoms with van der Waals surface area (Å²) in [4.78, 5) is 44.0. The highest BCUT2D eigenvalue weighted by molar-refractivity contribution is 5.97. The molecular weight excluding hydrogens is 435 g/mol. The number of fused-ring (bicyclic) bond motifs is 1. The quantitative estimate of drug-likeness (QED) is 0.602. The fourth-order valence-electron chi connectivity index (χ4n) is 4.62. The molecule has 5 rings (SSSR count). The van der Waals surface area contributed by atoms with Crippen molar-refractivity contribution in [2.24, 2.45) is 0 Å². The third kappa shape index (κ3) is 4.19. The zero-order valence-corrected chi connectivity index (χ0v) is 18.7. The van der Waals surface area contributed by atoms with Crippen LogP contribution in [0.15, 0.2) is 66.9 Å². The van der Waals surface area contributed by atoms with Gasteiger partial charge in [0.15, 0.2) is 0 Å². The molecule has 2 aliphatic rings. The normalized spacial score (nSPS) is 15.4. The number of aromatic nitrogens is 1. The third-order valence-electron chi connectivity index (χ3n) is 6.49. The van der Waals surface area contributed by atoms with Crippen LogP contribution in [0.3, 0.4) is 0 Å². The Kier molecular flexibility index (Phi) is 5.88. The molecule has 174 valence electrons. The zero-order valence-electron chi connectivity index (χ0n) is 18.7. The molecule has 3 heterocycles. The Bertz CT molecular complexity index is 1230. The van der Waals surface area contributed by atoms with E-state index in [2.05, 4.69) is 0 Å². The Morgan fingerprint density at radius 3 is 2.18 bits per heavy atom. The highest BCUT2D eigenvalue weighted by atomic mass is 19.1. The summed E-state index contributed by atoms with van der Waals surface area (Å²) in [6, 6.07) is 16.9. The first kappa shape index (κ1) is 21.9. The molecule has 3 amide bonds. The van der Waals surface area contributed by atoms with Gasteiger partial charge < -0.3 is 19.3 Å². The average molecular weight is 461 g/mol. The van der Waals surface area contributed by atoms with E-state index in [4.69, 9.17) is 0 Å². The molecule has 0 unspecified atom stereocenters. The Labute approximate surface area is 197 Å². The topological polar surface area (TPSA) is 65.9 Å². The van der Waals surface area contributed by atoms with Crippen LogP contribution in [0.2, 0.25) is 0 Å². The standard InChI is InChI=1S/C26H25FN4O3/c27-21-9-7-20(8-10-21)25(33)28-14-16-29(17-15-28)26(34)23-6-3-12-30(23)18-24(32)31-13-11-19-4-1-2-5-22(19)31/h1-10,12H,11,13-18H2. The van der Waals surface area contributed by atoms with Crippen molar-refractivity contribution in [1.29, 1.82) is 0 Å². The number of piperazine rings is 1. The van der Waals surface area contributed by atoms with Crippen molar-refractivity contribution in [3.63, 3.8) is 0 Å². The van der Waals surface area contributed by atoms with E-state index in [1.54, 1.807) is 37.6 Å². The van der Waals surface area contributed by atoms with Gasteiger partial charge in [0.25, 0.3) is 11.8 Å². The first-order valence-electron chi connectivity index (χ1n) is 11.4. The monoisotopic (exact) mass is 460 g/mol. The zero-order chi connectivity index (χ0) is 23.7. The first-order valence-corrected chi connectivity index (χ1v) is 11.4. The lowest BCUT2D eigenvalue weighted by Crippen LogP contribution is -2.51. The lowest BCUT2D eigenvalue weighted by Gasteiger charge is -2.35. The van der Waals surface area contributed by atoms with Crippen LogP contribution in [0.4, 0.5) is 10.1 Å². The molecule has 34 heavy (non-hydrogen) atoms. The van der Waals surface area contributed by atoms with Crippen LogP contribution in [0, 0.1) is 5.82 Å². The second-order valence-corrected chi connectivity index (χ2v) is 8.54. The van der Waals surface area contributed by atoms with Crippen LogP contribution in [0.25, 0.3) is 0 Å². The predicted molar refractivity (Wildman–Crippen MR) is 125 cm³/mol. The number of halogens is 1. The molecule has 0 spiro atoms. The maximum atomic E-state index is 13.2. The molecule has 8 heteroatoms. The SMILES string of the molecule is O=C(c1ccc(F)cc1)N1CCN(C(=O)c2cccn2CC(=O)N2CCc3ccccc32)CC1. The van der Waals surface area contributed by atoms with Gasteiger partial charge in [0.1, 0.15) is 18.1 Å². The van der Waals surface area contributed by atoms with Crippen LogP contribution in [-0.2, 0) is 17.8 Å². The number of carbonyl (C=O) groups excluding carboxylic acids is 3. The summed E-state index contributed by atoms with van der Waals surface area (Å²) in [5.41, 5.74) is 2.98. The molecule has 1 fully saturated rings. The van der Waals surface area contributed by atoms with Crippen molar-refractivity contribution in [2.75, 3.05) is 37.6 Å². The minimum Gasteiger partial charge on any atom is -0.335 e. The molecule has 0 saturated carbocycles.